The molecule has 2 rings (SSSR count). The molecule has 0 spiro atoms. The summed E-state index contributed by atoms with van der Waals surface area (Å²) in [4.78, 5) is 12.8. The molecule has 0 aromatic rings. The molecule has 0 saturated carbocycles. The Balaban J connectivity index is 2.63. The van der Waals surface area contributed by atoms with E-state index in [4.69, 9.17) is 17.0 Å². The lowest BCUT2D eigenvalue weighted by Gasteiger charge is -1.98. The van der Waals surface area contributed by atoms with Crippen molar-refractivity contribution in [1.29, 1.82) is 0 Å². The Morgan fingerprint density at radius 1 is 1.53 bits per heavy atom. The van der Waals surface area contributed by atoms with E-state index in [1.54, 1.807) is 39.4 Å². The van der Waals surface area contributed by atoms with Gasteiger partial charge in [-0.2, -0.15) is 0 Å². The molecular formula is C10H11NO2S4. The van der Waals surface area contributed by atoms with E-state index in [1.807, 2.05) is 17.9 Å². The maximum Gasteiger partial charge on any atom is 0.342 e. The normalized spacial score (nSPS) is 11.0. The second-order valence-electron chi connectivity index (χ2n) is 3.30. The van der Waals surface area contributed by atoms with E-state index in [-0.39, 0.29) is 5.97 Å². The van der Waals surface area contributed by atoms with Crippen molar-refractivity contribution in [2.24, 2.45) is 7.05 Å². The van der Waals surface area contributed by atoms with E-state index in [9.17, 15) is 4.79 Å². The van der Waals surface area contributed by atoms with Crippen LogP contribution in [0.25, 0.3) is 10.6 Å². The van der Waals surface area contributed by atoms with Gasteiger partial charge in [0.25, 0.3) is 0 Å². The van der Waals surface area contributed by atoms with Crippen molar-refractivity contribution in [2.75, 3.05) is 12.9 Å². The van der Waals surface area contributed by atoms with Crippen molar-refractivity contribution in [3.8, 4) is 10.6 Å². The maximum absolute atomic E-state index is 11.9. The van der Waals surface area contributed by atoms with Gasteiger partial charge in [-0.3, -0.25) is 0 Å². The lowest BCUT2D eigenvalue weighted by atomic mass is 10.3. The van der Waals surface area contributed by atoms with Crippen LogP contribution in [0.5, 0.6) is 0 Å². The van der Waals surface area contributed by atoms with E-state index >= 15 is 0 Å². The summed E-state index contributed by atoms with van der Waals surface area (Å²) >= 11 is 6.99. The van der Waals surface area contributed by atoms with Crippen LogP contribution in [-0.2, 0) is 11.8 Å². The van der Waals surface area contributed by atoms with Gasteiger partial charge in [-0.15, -0.1) is 11.8 Å². The van der Waals surface area contributed by atoms with Crippen LogP contribution < -0.4 is 0 Å². The standard InChI is InChI=1S/C10H11NO2S4/c1-4-13-9(12)5-7-6(11(2)8(5)14)10(15-3)17-16-7/h4H2,1-3H3. The van der Waals surface area contributed by atoms with Crippen LogP contribution in [0.4, 0.5) is 0 Å². The summed E-state index contributed by atoms with van der Waals surface area (Å²) < 4.78 is 8.71. The van der Waals surface area contributed by atoms with Crippen molar-refractivity contribution >= 4 is 50.6 Å². The van der Waals surface area contributed by atoms with Crippen molar-refractivity contribution in [3.63, 3.8) is 0 Å². The van der Waals surface area contributed by atoms with Crippen LogP contribution in [0.15, 0.2) is 4.21 Å². The molecular weight excluding hydrogens is 294 g/mol. The molecule has 0 saturated heterocycles. The fourth-order valence-corrected chi connectivity index (χ4v) is 5.93. The minimum atomic E-state index is -0.315. The summed E-state index contributed by atoms with van der Waals surface area (Å²) in [5.41, 5.74) is 1.60. The highest BCUT2D eigenvalue weighted by Crippen LogP contribution is 2.45. The third-order valence-electron chi connectivity index (χ3n) is 2.36. The van der Waals surface area contributed by atoms with Crippen LogP contribution in [-0.4, -0.2) is 23.4 Å². The number of fused-ring (bicyclic) bond motifs is 1. The number of carbonyl (C=O) groups excluding carboxylic acids is 1. The zero-order valence-electron chi connectivity index (χ0n) is 9.60. The van der Waals surface area contributed by atoms with E-state index in [2.05, 4.69) is 0 Å². The molecule has 0 bridgehead atoms. The van der Waals surface area contributed by atoms with Gasteiger partial charge in [-0.05, 0) is 13.2 Å². The zero-order chi connectivity index (χ0) is 12.6. The summed E-state index contributed by atoms with van der Waals surface area (Å²) in [6, 6.07) is 0. The molecule has 0 unspecified atom stereocenters. The van der Waals surface area contributed by atoms with Crippen LogP contribution in [0.2, 0.25) is 0 Å². The Morgan fingerprint density at radius 2 is 2.24 bits per heavy atom. The Labute approximate surface area is 116 Å². The summed E-state index contributed by atoms with van der Waals surface area (Å²) in [7, 11) is 5.15. The van der Waals surface area contributed by atoms with E-state index in [0.29, 0.717) is 16.8 Å². The number of hydrogen-bond acceptors (Lipinski definition) is 6. The first-order valence-electron chi connectivity index (χ1n) is 4.94. The number of aromatic nitrogens is 1. The number of nitrogens with zero attached hydrogens (tertiary/aromatic N) is 1. The van der Waals surface area contributed by atoms with Gasteiger partial charge >= 0.3 is 5.97 Å². The first-order valence-corrected chi connectivity index (χ1v) is 8.72. The minimum absolute atomic E-state index is 0.315. The summed E-state index contributed by atoms with van der Waals surface area (Å²) in [5.74, 6) is -0.315. The molecule has 3 nitrogen and oxygen atoms in total. The van der Waals surface area contributed by atoms with Crippen molar-refractivity contribution < 1.29 is 9.53 Å². The topological polar surface area (TPSA) is 31.2 Å². The molecule has 0 aromatic carbocycles. The number of thioether (sulfide) groups is 1. The molecule has 17 heavy (non-hydrogen) atoms. The molecule has 7 heteroatoms. The third kappa shape index (κ3) is 2.05. The van der Waals surface area contributed by atoms with Gasteiger partial charge in [0.1, 0.15) is 10.2 Å². The van der Waals surface area contributed by atoms with Crippen LogP contribution in [0.1, 0.15) is 17.3 Å². The quantitative estimate of drug-likeness (QED) is 0.373. The highest BCUT2D eigenvalue weighted by Gasteiger charge is 2.27. The summed E-state index contributed by atoms with van der Waals surface area (Å²) in [6.07, 6.45) is 2.03. The van der Waals surface area contributed by atoms with Crippen molar-refractivity contribution in [2.45, 2.75) is 11.1 Å². The molecule has 92 valence electrons. The first kappa shape index (κ1) is 13.1. The molecule has 2 aliphatic rings. The summed E-state index contributed by atoms with van der Waals surface area (Å²) in [5, 5.41) is 0. The second kappa shape index (κ2) is 5.09. The zero-order valence-corrected chi connectivity index (χ0v) is 12.9. The average Bonchev–Trinajstić information content (AvgIpc) is 2.81. The van der Waals surface area contributed by atoms with E-state index < -0.39 is 0 Å². The lowest BCUT2D eigenvalue weighted by Crippen LogP contribution is -2.04. The number of esters is 1. The van der Waals surface area contributed by atoms with Gasteiger partial charge in [0.15, 0.2) is 0 Å². The Morgan fingerprint density at radius 3 is 2.82 bits per heavy atom. The molecule has 0 aliphatic carbocycles. The van der Waals surface area contributed by atoms with Gasteiger partial charge in [0.05, 0.1) is 21.4 Å². The molecule has 2 aliphatic heterocycles. The average molecular weight is 305 g/mol. The predicted molar refractivity (Wildman–Crippen MR) is 76.4 cm³/mol. The number of rotatable bonds is 3. The molecule has 0 N–H and O–H groups in total. The highest BCUT2D eigenvalue weighted by atomic mass is 32.9. The SMILES string of the molecule is CCOC(=O)c1c2ssc(SC)c-2n(C)c1=S. The van der Waals surface area contributed by atoms with E-state index in [0.717, 1.165) is 10.6 Å². The molecule has 0 fully saturated rings. The summed E-state index contributed by atoms with van der Waals surface area (Å²) in [6.45, 7) is 2.17. The monoisotopic (exact) mass is 305 g/mol. The number of carbonyl (C=O) groups is 1. The number of ether oxygens (including phenoxy) is 1. The van der Waals surface area contributed by atoms with Crippen LogP contribution in [0, 0.1) is 4.64 Å². The van der Waals surface area contributed by atoms with E-state index in [1.165, 1.54) is 4.21 Å². The van der Waals surface area contributed by atoms with Crippen LogP contribution >= 0.6 is 44.7 Å². The second-order valence-corrected chi connectivity index (χ2v) is 6.91. The van der Waals surface area contributed by atoms with Gasteiger partial charge in [0.2, 0.25) is 0 Å². The third-order valence-corrected chi connectivity index (χ3v) is 6.71. The smallest absolute Gasteiger partial charge is 0.342 e. The van der Waals surface area contributed by atoms with Crippen LogP contribution in [0.3, 0.4) is 0 Å². The molecule has 0 radical (unpaired) electrons. The fraction of sp³-hybridized carbons (Fsp3) is 0.400. The van der Waals surface area contributed by atoms with Crippen molar-refractivity contribution in [3.05, 3.63) is 10.2 Å². The largest absolute Gasteiger partial charge is 0.462 e. The molecule has 0 amide bonds. The molecule has 0 atom stereocenters. The van der Waals surface area contributed by atoms with Crippen molar-refractivity contribution in [1.82, 2.24) is 4.57 Å². The number of hydrogen-bond donors (Lipinski definition) is 0. The van der Waals surface area contributed by atoms with Gasteiger partial charge in [-0.25, -0.2) is 4.79 Å². The maximum atomic E-state index is 11.9. The highest BCUT2D eigenvalue weighted by molar-refractivity contribution is 8.02. The molecule has 0 aromatic heterocycles. The van der Waals surface area contributed by atoms with Gasteiger partial charge < -0.3 is 9.30 Å². The molecule has 2 heterocycles. The van der Waals surface area contributed by atoms with Gasteiger partial charge in [-0.1, -0.05) is 32.9 Å². The lowest BCUT2D eigenvalue weighted by molar-refractivity contribution is 0.0527. The Hall–Kier alpha value is -0.370. The Bertz CT molecular complexity index is 580. The minimum Gasteiger partial charge on any atom is -0.462 e. The predicted octanol–water partition coefficient (Wildman–Crippen LogP) is 3.88. The Kier molecular flexibility index (Phi) is 3.92. The van der Waals surface area contributed by atoms with Gasteiger partial charge in [0, 0.05) is 7.05 Å². The first-order chi connectivity index (χ1) is 8.11. The fourth-order valence-electron chi connectivity index (χ4n) is 1.58.